The van der Waals surface area contributed by atoms with Crippen LogP contribution in [0.25, 0.3) is 10.9 Å². The van der Waals surface area contributed by atoms with Crippen LogP contribution in [0, 0.1) is 6.92 Å². The Morgan fingerprint density at radius 2 is 1.83 bits per heavy atom. The summed E-state index contributed by atoms with van der Waals surface area (Å²) in [5.41, 5.74) is 4.86. The van der Waals surface area contributed by atoms with Crippen LogP contribution < -0.4 is 5.32 Å². The van der Waals surface area contributed by atoms with Crippen LogP contribution in [-0.4, -0.2) is 9.97 Å². The van der Waals surface area contributed by atoms with Gasteiger partial charge in [0, 0.05) is 33.7 Å². The molecule has 4 rings (SSSR count). The van der Waals surface area contributed by atoms with E-state index in [4.69, 9.17) is 0 Å². The number of fused-ring (bicyclic) bond motifs is 1. The molecule has 0 amide bonds. The third kappa shape index (κ3) is 2.62. The first-order valence-electron chi connectivity index (χ1n) is 7.61. The summed E-state index contributed by atoms with van der Waals surface area (Å²) in [5.74, 6) is 0. The van der Waals surface area contributed by atoms with E-state index in [1.165, 1.54) is 27.7 Å². The van der Waals surface area contributed by atoms with Crippen LogP contribution in [-0.2, 0) is 0 Å². The number of hydrogen-bond acceptors (Lipinski definition) is 3. The molecule has 114 valence electrons. The highest BCUT2D eigenvalue weighted by atomic mass is 32.1. The topological polar surface area (TPSA) is 40.7 Å². The molecule has 23 heavy (non-hydrogen) atoms. The van der Waals surface area contributed by atoms with Gasteiger partial charge in [0.2, 0.25) is 0 Å². The SMILES string of the molecule is Cc1[nH]c2ccccc2c1[C@@H](Nc1nccs1)c1ccccc1. The van der Waals surface area contributed by atoms with E-state index in [0.29, 0.717) is 0 Å². The fourth-order valence-corrected chi connectivity index (χ4v) is 3.61. The van der Waals surface area contributed by atoms with Crippen LogP contribution in [0.3, 0.4) is 0 Å². The standard InChI is InChI=1S/C19H17N3S/c1-13-17(15-9-5-6-10-16(15)21-13)18(14-7-3-2-4-8-14)22-19-20-11-12-23-19/h2-12,18,21H,1H3,(H,20,22)/t18-/m0/s1. The number of thiazole rings is 1. The van der Waals surface area contributed by atoms with Gasteiger partial charge < -0.3 is 10.3 Å². The molecule has 0 aliphatic rings. The number of anilines is 1. The summed E-state index contributed by atoms with van der Waals surface area (Å²) in [6.45, 7) is 2.13. The summed E-state index contributed by atoms with van der Waals surface area (Å²) in [5, 5.41) is 7.78. The molecular weight excluding hydrogens is 302 g/mol. The molecule has 2 heterocycles. The molecule has 3 nitrogen and oxygen atoms in total. The highest BCUT2D eigenvalue weighted by Gasteiger charge is 2.21. The van der Waals surface area contributed by atoms with Crippen molar-refractivity contribution in [1.29, 1.82) is 0 Å². The number of aromatic nitrogens is 2. The number of para-hydroxylation sites is 1. The highest BCUT2D eigenvalue weighted by Crippen LogP contribution is 2.34. The number of aromatic amines is 1. The van der Waals surface area contributed by atoms with E-state index in [9.17, 15) is 0 Å². The van der Waals surface area contributed by atoms with Crippen molar-refractivity contribution >= 4 is 27.4 Å². The minimum absolute atomic E-state index is 0.0681. The Balaban J connectivity index is 1.88. The fraction of sp³-hybridized carbons (Fsp3) is 0.105. The molecule has 0 bridgehead atoms. The van der Waals surface area contributed by atoms with Crippen LogP contribution in [0.5, 0.6) is 0 Å². The van der Waals surface area contributed by atoms with E-state index in [0.717, 1.165) is 5.13 Å². The molecule has 0 radical (unpaired) electrons. The van der Waals surface area contributed by atoms with E-state index < -0.39 is 0 Å². The first-order valence-corrected chi connectivity index (χ1v) is 8.49. The lowest BCUT2D eigenvalue weighted by Gasteiger charge is -2.20. The molecule has 0 aliphatic carbocycles. The minimum Gasteiger partial charge on any atom is -0.358 e. The number of aryl methyl sites for hydroxylation is 1. The van der Waals surface area contributed by atoms with Gasteiger partial charge in [-0.25, -0.2) is 4.98 Å². The molecular formula is C19H17N3S. The van der Waals surface area contributed by atoms with Crippen molar-refractivity contribution in [2.45, 2.75) is 13.0 Å². The molecule has 0 aliphatic heterocycles. The molecule has 0 fully saturated rings. The molecule has 1 atom stereocenters. The lowest BCUT2D eigenvalue weighted by atomic mass is 9.96. The van der Waals surface area contributed by atoms with Gasteiger partial charge in [0.15, 0.2) is 5.13 Å². The van der Waals surface area contributed by atoms with Gasteiger partial charge in [-0.05, 0) is 18.6 Å². The summed E-state index contributed by atoms with van der Waals surface area (Å²) in [6.07, 6.45) is 1.83. The molecule has 2 aromatic heterocycles. The van der Waals surface area contributed by atoms with Gasteiger partial charge in [-0.15, -0.1) is 11.3 Å². The molecule has 4 aromatic rings. The molecule has 0 spiro atoms. The maximum absolute atomic E-state index is 4.40. The van der Waals surface area contributed by atoms with Crippen molar-refractivity contribution in [3.63, 3.8) is 0 Å². The minimum atomic E-state index is 0.0681. The molecule has 4 heteroatoms. The maximum atomic E-state index is 4.40. The number of H-pyrrole nitrogens is 1. The Labute approximate surface area is 139 Å². The molecule has 2 aromatic carbocycles. The number of nitrogens with one attached hydrogen (secondary N) is 2. The van der Waals surface area contributed by atoms with E-state index >= 15 is 0 Å². The second kappa shape index (κ2) is 5.89. The maximum Gasteiger partial charge on any atom is 0.183 e. The first-order chi connectivity index (χ1) is 11.3. The number of nitrogens with zero attached hydrogens (tertiary/aromatic N) is 1. The monoisotopic (exact) mass is 319 g/mol. The van der Waals surface area contributed by atoms with Crippen LogP contribution in [0.2, 0.25) is 0 Å². The van der Waals surface area contributed by atoms with Gasteiger partial charge in [-0.3, -0.25) is 0 Å². The highest BCUT2D eigenvalue weighted by molar-refractivity contribution is 7.13. The molecule has 0 saturated heterocycles. The van der Waals surface area contributed by atoms with Crippen LogP contribution in [0.15, 0.2) is 66.2 Å². The van der Waals surface area contributed by atoms with Gasteiger partial charge in [0.25, 0.3) is 0 Å². The zero-order chi connectivity index (χ0) is 15.6. The van der Waals surface area contributed by atoms with Crippen molar-refractivity contribution in [1.82, 2.24) is 9.97 Å². The van der Waals surface area contributed by atoms with Crippen molar-refractivity contribution in [2.24, 2.45) is 0 Å². The van der Waals surface area contributed by atoms with Crippen LogP contribution >= 0.6 is 11.3 Å². The van der Waals surface area contributed by atoms with E-state index in [1.807, 2.05) is 17.6 Å². The summed E-state index contributed by atoms with van der Waals surface area (Å²) < 4.78 is 0. The Hall–Kier alpha value is -2.59. The summed E-state index contributed by atoms with van der Waals surface area (Å²) in [6, 6.07) is 19.0. The Morgan fingerprint density at radius 1 is 1.04 bits per heavy atom. The summed E-state index contributed by atoms with van der Waals surface area (Å²) in [4.78, 5) is 7.90. The van der Waals surface area contributed by atoms with E-state index in [-0.39, 0.29) is 6.04 Å². The van der Waals surface area contributed by atoms with Crippen molar-refractivity contribution in [3.8, 4) is 0 Å². The molecule has 2 N–H and O–H groups in total. The van der Waals surface area contributed by atoms with Gasteiger partial charge >= 0.3 is 0 Å². The summed E-state index contributed by atoms with van der Waals surface area (Å²) in [7, 11) is 0. The van der Waals surface area contributed by atoms with Crippen molar-refractivity contribution < 1.29 is 0 Å². The van der Waals surface area contributed by atoms with Crippen LogP contribution in [0.1, 0.15) is 22.9 Å². The predicted octanol–water partition coefficient (Wildman–Crippen LogP) is 5.13. The Morgan fingerprint density at radius 3 is 2.61 bits per heavy atom. The average molecular weight is 319 g/mol. The second-order valence-corrected chi connectivity index (χ2v) is 6.43. The van der Waals surface area contributed by atoms with Gasteiger partial charge in [0.1, 0.15) is 0 Å². The quantitative estimate of drug-likeness (QED) is 0.547. The number of hydrogen-bond donors (Lipinski definition) is 2. The average Bonchev–Trinajstić information content (AvgIpc) is 3.20. The molecule has 0 unspecified atom stereocenters. The van der Waals surface area contributed by atoms with Crippen molar-refractivity contribution in [3.05, 3.63) is 83.0 Å². The van der Waals surface area contributed by atoms with E-state index in [2.05, 4.69) is 70.7 Å². The first kappa shape index (κ1) is 14.0. The van der Waals surface area contributed by atoms with Gasteiger partial charge in [0.05, 0.1) is 6.04 Å². The largest absolute Gasteiger partial charge is 0.358 e. The second-order valence-electron chi connectivity index (χ2n) is 5.53. The van der Waals surface area contributed by atoms with Crippen molar-refractivity contribution in [2.75, 3.05) is 5.32 Å². The third-order valence-corrected chi connectivity index (χ3v) is 4.77. The zero-order valence-electron chi connectivity index (χ0n) is 12.8. The Bertz CT molecular complexity index is 910. The fourth-order valence-electron chi connectivity index (χ4n) is 3.06. The number of rotatable bonds is 4. The number of benzene rings is 2. The zero-order valence-corrected chi connectivity index (χ0v) is 13.6. The summed E-state index contributed by atoms with van der Waals surface area (Å²) >= 11 is 1.62. The van der Waals surface area contributed by atoms with Crippen LogP contribution in [0.4, 0.5) is 5.13 Å². The van der Waals surface area contributed by atoms with E-state index in [1.54, 1.807) is 11.3 Å². The lowest BCUT2D eigenvalue weighted by Crippen LogP contribution is -2.13. The Kier molecular flexibility index (Phi) is 3.60. The van der Waals surface area contributed by atoms with Gasteiger partial charge in [-0.1, -0.05) is 48.5 Å². The predicted molar refractivity (Wildman–Crippen MR) is 97.1 cm³/mol. The normalized spacial score (nSPS) is 12.4. The van der Waals surface area contributed by atoms with Gasteiger partial charge in [-0.2, -0.15) is 0 Å². The molecule has 0 saturated carbocycles. The smallest absolute Gasteiger partial charge is 0.183 e. The third-order valence-electron chi connectivity index (χ3n) is 4.07. The lowest BCUT2D eigenvalue weighted by molar-refractivity contribution is 0.929.